The Morgan fingerprint density at radius 3 is 2.69 bits per heavy atom. The van der Waals surface area contributed by atoms with E-state index in [2.05, 4.69) is 10.3 Å². The van der Waals surface area contributed by atoms with Crippen molar-refractivity contribution in [3.05, 3.63) is 57.5 Å². The number of benzene rings is 1. The van der Waals surface area contributed by atoms with E-state index in [0.29, 0.717) is 10.2 Å². The Labute approximate surface area is 150 Å². The van der Waals surface area contributed by atoms with Crippen molar-refractivity contribution in [1.82, 2.24) is 9.55 Å². The summed E-state index contributed by atoms with van der Waals surface area (Å²) in [7, 11) is 0. The first-order valence-corrected chi connectivity index (χ1v) is 8.44. The predicted octanol–water partition coefficient (Wildman–Crippen LogP) is 3.98. The Hall–Kier alpha value is -2.68. The lowest BCUT2D eigenvalue weighted by Crippen LogP contribution is -2.32. The molecule has 0 aliphatic heterocycles. The lowest BCUT2D eigenvalue weighted by molar-refractivity contribution is -0.137. The Kier molecular flexibility index (Phi) is 4.57. The highest BCUT2D eigenvalue weighted by Gasteiger charge is 2.34. The summed E-state index contributed by atoms with van der Waals surface area (Å²) in [5, 5.41) is 2.63. The molecule has 1 amide bonds. The fourth-order valence-electron chi connectivity index (χ4n) is 2.54. The van der Waals surface area contributed by atoms with Crippen LogP contribution in [0.25, 0.3) is 10.2 Å². The molecule has 2 heterocycles. The van der Waals surface area contributed by atoms with Crippen LogP contribution in [0.15, 0.2) is 41.5 Å². The summed E-state index contributed by atoms with van der Waals surface area (Å²) in [6.07, 6.45) is -3.36. The molecule has 9 heteroatoms. The molecule has 0 bridgehead atoms. The Morgan fingerprint density at radius 2 is 2.00 bits per heavy atom. The Bertz CT molecular complexity index is 1040. The van der Waals surface area contributed by atoms with Crippen LogP contribution >= 0.6 is 11.3 Å². The van der Waals surface area contributed by atoms with Crippen molar-refractivity contribution < 1.29 is 18.0 Å². The summed E-state index contributed by atoms with van der Waals surface area (Å²) in [6.45, 7) is 3.26. The fraction of sp³-hybridized carbons (Fsp3) is 0.235. The van der Waals surface area contributed by atoms with E-state index in [1.165, 1.54) is 42.8 Å². The average Bonchev–Trinajstić information content (AvgIpc) is 2.95. The number of carbonyl (C=O) groups is 1. The van der Waals surface area contributed by atoms with Crippen molar-refractivity contribution in [1.29, 1.82) is 0 Å². The summed E-state index contributed by atoms with van der Waals surface area (Å²) < 4.78 is 40.3. The number of aryl methyl sites for hydroxylation is 1. The topological polar surface area (TPSA) is 64.0 Å². The van der Waals surface area contributed by atoms with E-state index >= 15 is 0 Å². The SMILES string of the molecule is Cc1cc2c(=O)n([C@H](C)C(=O)Nc3ccccc3C(F)(F)F)cnc2s1. The molecule has 1 N–H and O–H groups in total. The van der Waals surface area contributed by atoms with E-state index in [0.717, 1.165) is 15.5 Å². The standard InChI is InChI=1S/C17H14F3N3O2S/c1-9-7-11-15(26-9)21-8-23(16(11)25)10(2)14(24)22-13-6-4-3-5-12(13)17(18,19)20/h3-8,10H,1-2H3,(H,22,24)/t10-/m1/s1. The second kappa shape index (κ2) is 6.56. The van der Waals surface area contributed by atoms with Gasteiger partial charge in [-0.05, 0) is 32.0 Å². The second-order valence-corrected chi connectivity index (χ2v) is 6.98. The van der Waals surface area contributed by atoms with Crippen LogP contribution in [0.5, 0.6) is 0 Å². The van der Waals surface area contributed by atoms with E-state index in [9.17, 15) is 22.8 Å². The van der Waals surface area contributed by atoms with E-state index in [-0.39, 0.29) is 5.69 Å². The molecule has 5 nitrogen and oxygen atoms in total. The molecule has 1 aromatic carbocycles. The molecule has 0 spiro atoms. The Morgan fingerprint density at radius 1 is 1.31 bits per heavy atom. The number of halogens is 3. The molecule has 0 aliphatic carbocycles. The van der Waals surface area contributed by atoms with Crippen molar-refractivity contribution in [2.75, 3.05) is 5.32 Å². The number of para-hydroxylation sites is 1. The normalized spacial score (nSPS) is 13.0. The van der Waals surface area contributed by atoms with E-state index in [1.54, 1.807) is 6.07 Å². The minimum absolute atomic E-state index is 0.356. The van der Waals surface area contributed by atoms with E-state index in [4.69, 9.17) is 0 Å². The second-order valence-electron chi connectivity index (χ2n) is 5.74. The molecular weight excluding hydrogens is 367 g/mol. The van der Waals surface area contributed by atoms with Crippen LogP contribution in [0.3, 0.4) is 0 Å². The van der Waals surface area contributed by atoms with Gasteiger partial charge >= 0.3 is 6.18 Å². The van der Waals surface area contributed by atoms with Gasteiger partial charge in [-0.15, -0.1) is 11.3 Å². The van der Waals surface area contributed by atoms with Gasteiger partial charge in [-0.3, -0.25) is 14.2 Å². The van der Waals surface area contributed by atoms with Gasteiger partial charge in [0, 0.05) is 4.88 Å². The number of anilines is 1. The maximum Gasteiger partial charge on any atom is 0.418 e. The Balaban J connectivity index is 1.92. The number of alkyl halides is 3. The number of carbonyl (C=O) groups excluding carboxylic acids is 1. The number of hydrogen-bond acceptors (Lipinski definition) is 4. The van der Waals surface area contributed by atoms with Gasteiger partial charge in [0.05, 0.1) is 23.0 Å². The van der Waals surface area contributed by atoms with Crippen LogP contribution in [-0.2, 0) is 11.0 Å². The van der Waals surface area contributed by atoms with Gasteiger partial charge < -0.3 is 5.32 Å². The molecule has 26 heavy (non-hydrogen) atoms. The summed E-state index contributed by atoms with van der Waals surface area (Å²) in [4.78, 5) is 30.6. The van der Waals surface area contributed by atoms with Gasteiger partial charge in [0.2, 0.25) is 5.91 Å². The third-order valence-electron chi connectivity index (χ3n) is 3.89. The fourth-order valence-corrected chi connectivity index (χ4v) is 3.37. The van der Waals surface area contributed by atoms with Crippen LogP contribution < -0.4 is 10.9 Å². The van der Waals surface area contributed by atoms with Gasteiger partial charge in [-0.2, -0.15) is 13.2 Å². The van der Waals surface area contributed by atoms with Crippen LogP contribution in [0.1, 0.15) is 23.4 Å². The smallest absolute Gasteiger partial charge is 0.324 e. The zero-order valence-electron chi connectivity index (χ0n) is 13.8. The number of nitrogens with zero attached hydrogens (tertiary/aromatic N) is 2. The maximum absolute atomic E-state index is 13.0. The van der Waals surface area contributed by atoms with Gasteiger partial charge in [-0.1, -0.05) is 12.1 Å². The lowest BCUT2D eigenvalue weighted by Gasteiger charge is -2.17. The summed E-state index contributed by atoms with van der Waals surface area (Å²) in [5.74, 6) is -0.739. The number of amides is 1. The number of nitrogens with one attached hydrogen (secondary N) is 1. The molecule has 0 aliphatic rings. The predicted molar refractivity (Wildman–Crippen MR) is 93.4 cm³/mol. The minimum Gasteiger partial charge on any atom is -0.324 e. The largest absolute Gasteiger partial charge is 0.418 e. The molecule has 2 aromatic heterocycles. The number of fused-ring (bicyclic) bond motifs is 1. The van der Waals surface area contributed by atoms with Gasteiger partial charge in [-0.25, -0.2) is 4.98 Å². The van der Waals surface area contributed by atoms with Crippen LogP contribution in [0.2, 0.25) is 0 Å². The molecular formula is C17H14F3N3O2S. The van der Waals surface area contributed by atoms with Crippen molar-refractivity contribution in [2.24, 2.45) is 0 Å². The number of thiophene rings is 1. The van der Waals surface area contributed by atoms with Crippen molar-refractivity contribution in [3.63, 3.8) is 0 Å². The van der Waals surface area contributed by atoms with Crippen molar-refractivity contribution >= 4 is 33.1 Å². The number of aromatic nitrogens is 2. The third-order valence-corrected chi connectivity index (χ3v) is 4.85. The third kappa shape index (κ3) is 3.34. The summed E-state index contributed by atoms with van der Waals surface area (Å²) >= 11 is 1.35. The summed E-state index contributed by atoms with van der Waals surface area (Å²) in [6, 6.07) is 5.33. The molecule has 136 valence electrons. The molecule has 3 rings (SSSR count). The molecule has 0 fully saturated rings. The highest BCUT2D eigenvalue weighted by molar-refractivity contribution is 7.18. The first kappa shape index (κ1) is 18.1. The van der Waals surface area contributed by atoms with Gasteiger partial charge in [0.25, 0.3) is 5.56 Å². The monoisotopic (exact) mass is 381 g/mol. The van der Waals surface area contributed by atoms with E-state index in [1.807, 2.05) is 6.92 Å². The van der Waals surface area contributed by atoms with Crippen molar-refractivity contribution in [3.8, 4) is 0 Å². The molecule has 0 radical (unpaired) electrons. The first-order chi connectivity index (χ1) is 12.2. The highest BCUT2D eigenvalue weighted by atomic mass is 32.1. The lowest BCUT2D eigenvalue weighted by atomic mass is 10.1. The van der Waals surface area contributed by atoms with Crippen LogP contribution in [0, 0.1) is 6.92 Å². The average molecular weight is 381 g/mol. The van der Waals surface area contributed by atoms with Gasteiger partial charge in [0.1, 0.15) is 10.9 Å². The first-order valence-electron chi connectivity index (χ1n) is 7.63. The summed E-state index contributed by atoms with van der Waals surface area (Å²) in [5.41, 5.74) is -1.72. The minimum atomic E-state index is -4.60. The number of rotatable bonds is 3. The molecule has 0 unspecified atom stereocenters. The quantitative estimate of drug-likeness (QED) is 0.746. The number of hydrogen-bond donors (Lipinski definition) is 1. The molecule has 0 saturated heterocycles. The van der Waals surface area contributed by atoms with Crippen molar-refractivity contribution in [2.45, 2.75) is 26.1 Å². The zero-order chi connectivity index (χ0) is 19.1. The van der Waals surface area contributed by atoms with Gasteiger partial charge in [0.15, 0.2) is 0 Å². The van der Waals surface area contributed by atoms with Crippen LogP contribution in [0.4, 0.5) is 18.9 Å². The maximum atomic E-state index is 13.0. The van der Waals surface area contributed by atoms with Crippen LogP contribution in [-0.4, -0.2) is 15.5 Å². The highest BCUT2D eigenvalue weighted by Crippen LogP contribution is 2.34. The molecule has 1 atom stereocenters. The van der Waals surface area contributed by atoms with E-state index < -0.39 is 29.2 Å². The molecule has 0 saturated carbocycles. The molecule has 3 aromatic rings. The zero-order valence-corrected chi connectivity index (χ0v) is 14.6.